The van der Waals surface area contributed by atoms with Gasteiger partial charge in [0.1, 0.15) is 11.3 Å². The molecule has 1 N–H and O–H groups in total. The number of benzene rings is 1. The third-order valence-corrected chi connectivity index (χ3v) is 5.93. The number of fused-ring (bicyclic) bond motifs is 2. The number of nitrogens with zero attached hydrogens (tertiary/aromatic N) is 3. The van der Waals surface area contributed by atoms with Crippen LogP contribution < -0.4 is 5.56 Å². The SMILES string of the molecule is O=C1c2[nH]c3cc(-c4ccc(Cl)cc4)nn3c(=O)c2CN1C1CCCCC1. The zero-order valence-corrected chi connectivity index (χ0v) is 15.5. The molecule has 5 rings (SSSR count). The first-order valence-electron chi connectivity index (χ1n) is 9.33. The van der Waals surface area contributed by atoms with Crippen molar-refractivity contribution in [3.05, 3.63) is 57.0 Å². The summed E-state index contributed by atoms with van der Waals surface area (Å²) in [4.78, 5) is 30.9. The molecule has 0 radical (unpaired) electrons. The fourth-order valence-electron chi connectivity index (χ4n) is 4.23. The maximum Gasteiger partial charge on any atom is 0.280 e. The second kappa shape index (κ2) is 6.23. The molecule has 1 amide bonds. The highest BCUT2D eigenvalue weighted by molar-refractivity contribution is 6.30. The summed E-state index contributed by atoms with van der Waals surface area (Å²) < 4.78 is 1.36. The lowest BCUT2D eigenvalue weighted by molar-refractivity contribution is 0.0656. The van der Waals surface area contributed by atoms with Crippen molar-refractivity contribution in [2.75, 3.05) is 0 Å². The number of aromatic nitrogens is 3. The lowest BCUT2D eigenvalue weighted by Gasteiger charge is -2.30. The average molecular weight is 383 g/mol. The van der Waals surface area contributed by atoms with Crippen LogP contribution in [0.25, 0.3) is 16.9 Å². The van der Waals surface area contributed by atoms with Crippen molar-refractivity contribution in [1.29, 1.82) is 0 Å². The van der Waals surface area contributed by atoms with Crippen molar-refractivity contribution in [2.45, 2.75) is 44.7 Å². The summed E-state index contributed by atoms with van der Waals surface area (Å²) >= 11 is 5.94. The largest absolute Gasteiger partial charge is 0.335 e. The van der Waals surface area contributed by atoms with Gasteiger partial charge in [-0.3, -0.25) is 9.59 Å². The Labute approximate surface area is 160 Å². The minimum absolute atomic E-state index is 0.0641. The first-order valence-corrected chi connectivity index (χ1v) is 9.71. The second-order valence-electron chi connectivity index (χ2n) is 7.34. The predicted molar refractivity (Wildman–Crippen MR) is 103 cm³/mol. The zero-order chi connectivity index (χ0) is 18.5. The van der Waals surface area contributed by atoms with E-state index in [0.717, 1.165) is 31.2 Å². The molecule has 27 heavy (non-hydrogen) atoms. The minimum Gasteiger partial charge on any atom is -0.335 e. The van der Waals surface area contributed by atoms with Gasteiger partial charge < -0.3 is 9.88 Å². The van der Waals surface area contributed by atoms with Crippen LogP contribution in [-0.2, 0) is 6.54 Å². The summed E-state index contributed by atoms with van der Waals surface area (Å²) in [5.74, 6) is -0.0641. The van der Waals surface area contributed by atoms with Crippen LogP contribution in [0.1, 0.15) is 48.2 Å². The van der Waals surface area contributed by atoms with E-state index in [-0.39, 0.29) is 17.5 Å². The van der Waals surface area contributed by atoms with Crippen molar-refractivity contribution < 1.29 is 4.79 Å². The zero-order valence-electron chi connectivity index (χ0n) is 14.7. The monoisotopic (exact) mass is 382 g/mol. The topological polar surface area (TPSA) is 70.5 Å². The number of amides is 1. The molecule has 1 fully saturated rings. The minimum atomic E-state index is -0.217. The van der Waals surface area contributed by atoms with Gasteiger partial charge >= 0.3 is 0 Å². The maximum absolute atomic E-state index is 13.0. The third-order valence-electron chi connectivity index (χ3n) is 5.67. The van der Waals surface area contributed by atoms with Gasteiger partial charge in [-0.1, -0.05) is 43.0 Å². The van der Waals surface area contributed by atoms with E-state index >= 15 is 0 Å². The molecule has 1 saturated carbocycles. The van der Waals surface area contributed by atoms with E-state index in [4.69, 9.17) is 11.6 Å². The van der Waals surface area contributed by atoms with Gasteiger partial charge in [-0.2, -0.15) is 9.61 Å². The van der Waals surface area contributed by atoms with Gasteiger partial charge in [-0.25, -0.2) is 0 Å². The lowest BCUT2D eigenvalue weighted by atomic mass is 9.94. The van der Waals surface area contributed by atoms with E-state index in [1.807, 2.05) is 17.0 Å². The molecule has 2 aliphatic rings. The van der Waals surface area contributed by atoms with Gasteiger partial charge in [0.05, 0.1) is 17.8 Å². The molecule has 0 saturated heterocycles. The number of hydrogen-bond acceptors (Lipinski definition) is 3. The van der Waals surface area contributed by atoms with Gasteiger partial charge in [0.25, 0.3) is 11.5 Å². The van der Waals surface area contributed by atoms with Crippen molar-refractivity contribution in [3.8, 4) is 11.3 Å². The number of rotatable bonds is 2. The summed E-state index contributed by atoms with van der Waals surface area (Å²) in [5, 5.41) is 5.10. The summed E-state index contributed by atoms with van der Waals surface area (Å²) in [6, 6.07) is 9.32. The van der Waals surface area contributed by atoms with Crippen LogP contribution in [-0.4, -0.2) is 31.4 Å². The van der Waals surface area contributed by atoms with Crippen molar-refractivity contribution in [3.63, 3.8) is 0 Å². The molecule has 138 valence electrons. The van der Waals surface area contributed by atoms with Gasteiger partial charge in [-0.15, -0.1) is 0 Å². The number of carbonyl (C=O) groups is 1. The molecule has 0 unspecified atom stereocenters. The number of H-pyrrole nitrogens is 1. The van der Waals surface area contributed by atoms with Gasteiger partial charge in [0.2, 0.25) is 0 Å². The second-order valence-corrected chi connectivity index (χ2v) is 7.78. The summed E-state index contributed by atoms with van der Waals surface area (Å²) in [6.45, 7) is 0.375. The average Bonchev–Trinajstić information content (AvgIpc) is 3.26. The lowest BCUT2D eigenvalue weighted by Crippen LogP contribution is -2.37. The number of nitrogens with one attached hydrogen (secondary N) is 1. The normalized spacial score (nSPS) is 17.7. The Morgan fingerprint density at radius 2 is 1.81 bits per heavy atom. The van der Waals surface area contributed by atoms with Crippen molar-refractivity contribution in [1.82, 2.24) is 19.5 Å². The van der Waals surface area contributed by atoms with E-state index in [0.29, 0.717) is 34.2 Å². The van der Waals surface area contributed by atoms with Gasteiger partial charge in [-0.05, 0) is 25.0 Å². The van der Waals surface area contributed by atoms with E-state index in [1.165, 1.54) is 10.9 Å². The van der Waals surface area contributed by atoms with E-state index in [1.54, 1.807) is 18.2 Å². The van der Waals surface area contributed by atoms with E-state index < -0.39 is 0 Å². The molecule has 1 aliphatic carbocycles. The van der Waals surface area contributed by atoms with Crippen molar-refractivity contribution in [2.24, 2.45) is 0 Å². The Morgan fingerprint density at radius 1 is 1.07 bits per heavy atom. The Balaban J connectivity index is 1.55. The summed E-state index contributed by atoms with van der Waals surface area (Å²) in [6.07, 6.45) is 5.56. The highest BCUT2D eigenvalue weighted by Crippen LogP contribution is 2.29. The molecular formula is C20H19ClN4O2. The number of halogens is 1. The smallest absolute Gasteiger partial charge is 0.280 e. The molecular weight excluding hydrogens is 364 g/mol. The third kappa shape index (κ3) is 2.67. The molecule has 0 spiro atoms. The summed E-state index contributed by atoms with van der Waals surface area (Å²) in [7, 11) is 0. The first kappa shape index (κ1) is 16.6. The fourth-order valence-corrected chi connectivity index (χ4v) is 4.35. The molecule has 3 aromatic rings. The van der Waals surface area contributed by atoms with Crippen LogP contribution in [0.4, 0.5) is 0 Å². The molecule has 0 atom stereocenters. The molecule has 3 heterocycles. The van der Waals surface area contributed by atoms with Gasteiger partial charge in [0, 0.05) is 22.7 Å². The number of carbonyl (C=O) groups excluding carboxylic acids is 1. The highest BCUT2D eigenvalue weighted by Gasteiger charge is 2.36. The standard InChI is InChI=1S/C20H19ClN4O2/c21-13-8-6-12(7-9-13)16-10-17-22-18-15(19(26)25(17)23-16)11-24(20(18)27)14-4-2-1-3-5-14/h6-10,14,22H,1-5,11H2. The van der Waals surface area contributed by atoms with Gasteiger partial charge in [0.15, 0.2) is 0 Å². The Morgan fingerprint density at radius 3 is 2.56 bits per heavy atom. The van der Waals surface area contributed by atoms with Crippen LogP contribution in [0, 0.1) is 0 Å². The Bertz CT molecular complexity index is 1090. The predicted octanol–water partition coefficient (Wildman–Crippen LogP) is 3.63. The fraction of sp³-hybridized carbons (Fsp3) is 0.350. The van der Waals surface area contributed by atoms with Crippen LogP contribution in [0.2, 0.25) is 5.02 Å². The summed E-state index contributed by atoms with van der Waals surface area (Å²) in [5.41, 5.74) is 2.78. The molecule has 1 aliphatic heterocycles. The molecule has 1 aromatic carbocycles. The maximum atomic E-state index is 13.0. The number of hydrogen-bond donors (Lipinski definition) is 1. The van der Waals surface area contributed by atoms with Crippen LogP contribution >= 0.6 is 11.6 Å². The highest BCUT2D eigenvalue weighted by atomic mass is 35.5. The quantitative estimate of drug-likeness (QED) is 0.735. The molecule has 0 bridgehead atoms. The molecule has 2 aromatic heterocycles. The molecule has 7 heteroatoms. The van der Waals surface area contributed by atoms with E-state index in [2.05, 4.69) is 10.1 Å². The first-order chi connectivity index (χ1) is 13.1. The number of aromatic amines is 1. The van der Waals surface area contributed by atoms with Crippen LogP contribution in [0.15, 0.2) is 35.1 Å². The van der Waals surface area contributed by atoms with E-state index in [9.17, 15) is 9.59 Å². The van der Waals surface area contributed by atoms with Crippen LogP contribution in [0.3, 0.4) is 0 Å². The van der Waals surface area contributed by atoms with Crippen molar-refractivity contribution >= 4 is 23.2 Å². The van der Waals surface area contributed by atoms with Crippen LogP contribution in [0.5, 0.6) is 0 Å². The Hall–Kier alpha value is -2.60. The Kier molecular flexibility index (Phi) is 3.82. The molecule has 6 nitrogen and oxygen atoms in total.